The lowest BCUT2D eigenvalue weighted by Gasteiger charge is -2.05. The Morgan fingerprint density at radius 2 is 2.10 bits per heavy atom. The molecule has 114 valence electrons. The third kappa shape index (κ3) is 5.90. The lowest BCUT2D eigenvalue weighted by molar-refractivity contribution is 0.394. The quantitative estimate of drug-likeness (QED) is 0.542. The van der Waals surface area contributed by atoms with Crippen molar-refractivity contribution in [2.75, 3.05) is 13.1 Å². The minimum atomic E-state index is -3.54. The second kappa shape index (κ2) is 8.24. The number of allylic oxidation sites excluding steroid dienone is 1. The van der Waals surface area contributed by atoms with Crippen LogP contribution in [-0.2, 0) is 16.6 Å². The minimum Gasteiger partial charge on any atom is -0.447 e. The van der Waals surface area contributed by atoms with E-state index in [1.54, 1.807) is 6.07 Å². The van der Waals surface area contributed by atoms with E-state index in [1.807, 2.05) is 19.1 Å². The average molecular weight is 300 g/mol. The maximum atomic E-state index is 11.9. The zero-order chi connectivity index (χ0) is 15.0. The molecule has 0 saturated carbocycles. The smallest absolute Gasteiger partial charge is 0.273 e. The van der Waals surface area contributed by atoms with Gasteiger partial charge < -0.3 is 9.73 Å². The van der Waals surface area contributed by atoms with Gasteiger partial charge in [0.2, 0.25) is 5.09 Å². The van der Waals surface area contributed by atoms with Gasteiger partial charge in [0.05, 0.1) is 6.54 Å². The zero-order valence-corrected chi connectivity index (χ0v) is 13.2. The van der Waals surface area contributed by atoms with E-state index in [0.29, 0.717) is 31.2 Å². The summed E-state index contributed by atoms with van der Waals surface area (Å²) in [5, 5.41) is 3.18. The first-order chi connectivity index (χ1) is 9.45. The van der Waals surface area contributed by atoms with Gasteiger partial charge in [0, 0.05) is 6.54 Å². The summed E-state index contributed by atoms with van der Waals surface area (Å²) in [6.45, 7) is 7.89. The second-order valence-electron chi connectivity index (χ2n) is 5.00. The Hall–Kier alpha value is -1.11. The predicted octanol–water partition coefficient (Wildman–Crippen LogP) is 2.27. The lowest BCUT2D eigenvalue weighted by Crippen LogP contribution is -2.24. The number of sulfonamides is 1. The Bertz CT molecular complexity index is 518. The van der Waals surface area contributed by atoms with Crippen molar-refractivity contribution in [3.05, 3.63) is 30.0 Å². The molecule has 6 heteroatoms. The van der Waals surface area contributed by atoms with E-state index in [2.05, 4.69) is 23.9 Å². The van der Waals surface area contributed by atoms with Crippen LogP contribution in [0.4, 0.5) is 0 Å². The molecule has 5 nitrogen and oxygen atoms in total. The molecule has 20 heavy (non-hydrogen) atoms. The molecule has 0 bridgehead atoms. The first-order valence-corrected chi connectivity index (χ1v) is 8.34. The van der Waals surface area contributed by atoms with Crippen LogP contribution in [0.1, 0.15) is 33.0 Å². The van der Waals surface area contributed by atoms with E-state index in [4.69, 9.17) is 4.42 Å². The Morgan fingerprint density at radius 1 is 1.35 bits per heavy atom. The Labute approximate surface area is 121 Å². The summed E-state index contributed by atoms with van der Waals surface area (Å²) < 4.78 is 31.7. The number of rotatable bonds is 9. The Kier molecular flexibility index (Phi) is 6.98. The highest BCUT2D eigenvalue weighted by atomic mass is 32.2. The van der Waals surface area contributed by atoms with E-state index in [-0.39, 0.29) is 5.09 Å². The van der Waals surface area contributed by atoms with E-state index in [9.17, 15) is 8.42 Å². The second-order valence-corrected chi connectivity index (χ2v) is 6.70. The van der Waals surface area contributed by atoms with Crippen molar-refractivity contribution in [3.63, 3.8) is 0 Å². The molecule has 1 aromatic heterocycles. The fourth-order valence-electron chi connectivity index (χ4n) is 1.60. The van der Waals surface area contributed by atoms with Gasteiger partial charge in [-0.1, -0.05) is 26.0 Å². The third-order valence-electron chi connectivity index (χ3n) is 2.59. The van der Waals surface area contributed by atoms with E-state index in [0.717, 1.165) is 6.54 Å². The molecule has 0 aliphatic heterocycles. The molecule has 1 heterocycles. The Morgan fingerprint density at radius 3 is 2.75 bits per heavy atom. The van der Waals surface area contributed by atoms with Gasteiger partial charge in [0.25, 0.3) is 10.0 Å². The molecule has 0 unspecified atom stereocenters. The predicted molar refractivity (Wildman–Crippen MR) is 79.9 cm³/mol. The largest absolute Gasteiger partial charge is 0.447 e. The van der Waals surface area contributed by atoms with Crippen LogP contribution in [0.3, 0.4) is 0 Å². The van der Waals surface area contributed by atoms with Crippen LogP contribution in [0.5, 0.6) is 0 Å². The van der Waals surface area contributed by atoms with Crippen LogP contribution in [-0.4, -0.2) is 21.5 Å². The van der Waals surface area contributed by atoms with Gasteiger partial charge in [0.1, 0.15) is 5.76 Å². The summed E-state index contributed by atoms with van der Waals surface area (Å²) in [7, 11) is -3.54. The highest BCUT2D eigenvalue weighted by molar-refractivity contribution is 7.89. The van der Waals surface area contributed by atoms with Gasteiger partial charge in [-0.2, -0.15) is 0 Å². The van der Waals surface area contributed by atoms with Crippen LogP contribution in [0, 0.1) is 5.92 Å². The van der Waals surface area contributed by atoms with Crippen LogP contribution in [0.15, 0.2) is 33.8 Å². The number of furan rings is 1. The topological polar surface area (TPSA) is 71.3 Å². The monoisotopic (exact) mass is 300 g/mol. The molecule has 0 atom stereocenters. The van der Waals surface area contributed by atoms with Crippen LogP contribution in [0.25, 0.3) is 0 Å². The first kappa shape index (κ1) is 16.9. The maximum Gasteiger partial charge on any atom is 0.273 e. The summed E-state index contributed by atoms with van der Waals surface area (Å²) >= 11 is 0. The fraction of sp³-hybridized carbons (Fsp3) is 0.571. The summed E-state index contributed by atoms with van der Waals surface area (Å²) in [5.41, 5.74) is 0. The SMILES string of the molecule is C/C=C/CCNS(=O)(=O)c1ccc(CNCC(C)C)o1. The summed E-state index contributed by atoms with van der Waals surface area (Å²) in [4.78, 5) is 0. The van der Waals surface area contributed by atoms with Gasteiger partial charge >= 0.3 is 0 Å². The molecule has 0 saturated heterocycles. The first-order valence-electron chi connectivity index (χ1n) is 6.86. The van der Waals surface area contributed by atoms with E-state index in [1.165, 1.54) is 6.07 Å². The molecule has 0 aromatic carbocycles. The maximum absolute atomic E-state index is 11.9. The van der Waals surface area contributed by atoms with E-state index < -0.39 is 10.0 Å². The molecule has 1 aromatic rings. The highest BCUT2D eigenvalue weighted by Gasteiger charge is 2.17. The van der Waals surface area contributed by atoms with Gasteiger partial charge in [0.15, 0.2) is 0 Å². The van der Waals surface area contributed by atoms with Gasteiger partial charge in [-0.25, -0.2) is 13.1 Å². The van der Waals surface area contributed by atoms with Gasteiger partial charge in [-0.3, -0.25) is 0 Å². The van der Waals surface area contributed by atoms with Crippen molar-refractivity contribution in [2.45, 2.75) is 38.8 Å². The molecule has 1 rings (SSSR count). The standard InChI is InChI=1S/C14H24N2O3S/c1-4-5-6-9-16-20(17,18)14-8-7-13(19-14)11-15-10-12(2)3/h4-5,7-8,12,15-16H,6,9-11H2,1-3H3/b5-4+. The van der Waals surface area contributed by atoms with Crippen molar-refractivity contribution in [2.24, 2.45) is 5.92 Å². The Balaban J connectivity index is 2.52. The minimum absolute atomic E-state index is 0.0284. The van der Waals surface area contributed by atoms with Gasteiger partial charge in [-0.05, 0) is 37.9 Å². The molecule has 0 aliphatic carbocycles. The lowest BCUT2D eigenvalue weighted by atomic mass is 10.2. The van der Waals surface area contributed by atoms with Crippen molar-refractivity contribution in [1.29, 1.82) is 0 Å². The molecular formula is C14H24N2O3S. The van der Waals surface area contributed by atoms with Crippen molar-refractivity contribution >= 4 is 10.0 Å². The number of nitrogens with one attached hydrogen (secondary N) is 2. The number of hydrogen-bond donors (Lipinski definition) is 2. The molecule has 0 amide bonds. The summed E-state index contributed by atoms with van der Waals surface area (Å²) in [6, 6.07) is 3.18. The fourth-order valence-corrected chi connectivity index (χ4v) is 2.59. The molecular weight excluding hydrogens is 276 g/mol. The molecule has 2 N–H and O–H groups in total. The van der Waals surface area contributed by atoms with E-state index >= 15 is 0 Å². The molecule has 0 radical (unpaired) electrons. The van der Waals surface area contributed by atoms with Crippen LogP contribution >= 0.6 is 0 Å². The van der Waals surface area contributed by atoms with Crippen molar-refractivity contribution in [1.82, 2.24) is 10.0 Å². The van der Waals surface area contributed by atoms with Crippen LogP contribution < -0.4 is 10.0 Å². The molecule has 0 aliphatic rings. The van der Waals surface area contributed by atoms with Crippen LogP contribution in [0.2, 0.25) is 0 Å². The third-order valence-corrected chi connectivity index (χ3v) is 3.93. The summed E-state index contributed by atoms with van der Waals surface area (Å²) in [6.07, 6.45) is 4.46. The van der Waals surface area contributed by atoms with Crippen molar-refractivity contribution < 1.29 is 12.8 Å². The van der Waals surface area contributed by atoms with Crippen molar-refractivity contribution in [3.8, 4) is 0 Å². The van der Waals surface area contributed by atoms with Gasteiger partial charge in [-0.15, -0.1) is 0 Å². The highest BCUT2D eigenvalue weighted by Crippen LogP contribution is 2.13. The zero-order valence-electron chi connectivity index (χ0n) is 12.3. The molecule has 0 spiro atoms. The average Bonchev–Trinajstić information content (AvgIpc) is 2.84. The number of hydrogen-bond acceptors (Lipinski definition) is 4. The summed E-state index contributed by atoms with van der Waals surface area (Å²) in [5.74, 6) is 1.17. The normalized spacial score (nSPS) is 12.6. The molecule has 0 fully saturated rings.